The summed E-state index contributed by atoms with van der Waals surface area (Å²) in [5.74, 6) is 0.833. The Balaban J connectivity index is 2.98. The summed E-state index contributed by atoms with van der Waals surface area (Å²) in [4.78, 5) is 13.4. The lowest BCUT2D eigenvalue weighted by atomic mass is 10.2. The first kappa shape index (κ1) is 18.3. The molecule has 0 unspecified atom stereocenters. The highest BCUT2D eigenvalue weighted by Crippen LogP contribution is 2.29. The number of hydrogen-bond acceptors (Lipinski definition) is 4. The monoisotopic (exact) mass is 322 g/mol. The summed E-state index contributed by atoms with van der Waals surface area (Å²) in [6, 6.07) is 5.29. The maximum atomic E-state index is 11.9. The normalized spacial score (nSPS) is 11.8. The molecule has 0 fully saturated rings. The van der Waals surface area contributed by atoms with Gasteiger partial charge in [-0.1, -0.05) is 0 Å². The maximum Gasteiger partial charge on any atom is 0.262 e. The van der Waals surface area contributed by atoms with E-state index in [1.807, 2.05) is 6.92 Å². The predicted molar refractivity (Wildman–Crippen MR) is 88.3 cm³/mol. The van der Waals surface area contributed by atoms with Gasteiger partial charge in [0, 0.05) is 24.8 Å². The van der Waals surface area contributed by atoms with E-state index in [9.17, 15) is 4.79 Å². The number of amides is 1. The standard InChI is InChI=1S/C15H23N5O3/c1-5-22-13-8-11(9-18-19-15(16)17)6-7-12(13)23-10(2)14(21)20(3)4/h6-10H,5H2,1-4H3,(H4,16,17,19)/p+1/b18-9-/t10-/m1/s1. The van der Waals surface area contributed by atoms with E-state index in [1.54, 1.807) is 45.4 Å². The number of nitrogens with zero attached hydrogens (tertiary/aromatic N) is 2. The van der Waals surface area contributed by atoms with Crippen LogP contribution in [-0.4, -0.2) is 49.8 Å². The van der Waals surface area contributed by atoms with Crippen molar-refractivity contribution >= 4 is 18.1 Å². The van der Waals surface area contributed by atoms with Crippen LogP contribution >= 0.6 is 0 Å². The Morgan fingerprint density at radius 2 is 2.09 bits per heavy atom. The topological polar surface area (TPSA) is 117 Å². The highest BCUT2D eigenvalue weighted by molar-refractivity contribution is 5.81. The molecular weight excluding hydrogens is 298 g/mol. The highest BCUT2D eigenvalue weighted by Gasteiger charge is 2.18. The third-order valence-electron chi connectivity index (χ3n) is 2.78. The van der Waals surface area contributed by atoms with E-state index < -0.39 is 6.10 Å². The molecule has 1 atom stereocenters. The second-order valence-electron chi connectivity index (χ2n) is 4.94. The molecule has 126 valence electrons. The van der Waals surface area contributed by atoms with Gasteiger partial charge in [-0.2, -0.15) is 0 Å². The van der Waals surface area contributed by atoms with Crippen molar-refractivity contribution in [2.24, 2.45) is 16.6 Å². The van der Waals surface area contributed by atoms with E-state index in [0.29, 0.717) is 18.1 Å². The van der Waals surface area contributed by atoms with Gasteiger partial charge in [-0.3, -0.25) is 4.79 Å². The van der Waals surface area contributed by atoms with E-state index in [-0.39, 0.29) is 11.9 Å². The molecule has 0 spiro atoms. The van der Waals surface area contributed by atoms with Gasteiger partial charge in [-0.05, 0) is 32.0 Å². The van der Waals surface area contributed by atoms with Gasteiger partial charge in [0.15, 0.2) is 17.6 Å². The second kappa shape index (κ2) is 8.62. The fourth-order valence-corrected chi connectivity index (χ4v) is 1.77. The van der Waals surface area contributed by atoms with Gasteiger partial charge in [0.1, 0.15) is 0 Å². The number of benzene rings is 1. The summed E-state index contributed by atoms with van der Waals surface area (Å²) < 4.78 is 11.3. The summed E-state index contributed by atoms with van der Waals surface area (Å²) in [7, 11) is 3.36. The molecule has 1 rings (SSSR count). The molecule has 23 heavy (non-hydrogen) atoms. The van der Waals surface area contributed by atoms with Crippen LogP contribution in [0.3, 0.4) is 0 Å². The molecule has 0 bridgehead atoms. The van der Waals surface area contributed by atoms with Gasteiger partial charge in [0.05, 0.1) is 6.61 Å². The first-order chi connectivity index (χ1) is 10.8. The number of nitrogens with one attached hydrogen (secondary N) is 1. The first-order valence-electron chi connectivity index (χ1n) is 7.17. The summed E-state index contributed by atoms with van der Waals surface area (Å²) in [6.45, 7) is 4.03. The predicted octanol–water partition coefficient (Wildman–Crippen LogP) is -1.37. The van der Waals surface area contributed by atoms with Crippen LogP contribution in [-0.2, 0) is 4.79 Å². The van der Waals surface area contributed by atoms with Crippen molar-refractivity contribution in [2.75, 3.05) is 20.7 Å². The zero-order valence-corrected chi connectivity index (χ0v) is 13.9. The molecule has 1 amide bonds. The fourth-order valence-electron chi connectivity index (χ4n) is 1.77. The molecule has 0 heterocycles. The van der Waals surface area contributed by atoms with E-state index in [4.69, 9.17) is 20.9 Å². The van der Waals surface area contributed by atoms with Gasteiger partial charge in [-0.25, -0.2) is 0 Å². The van der Waals surface area contributed by atoms with Crippen LogP contribution < -0.4 is 26.0 Å². The summed E-state index contributed by atoms with van der Waals surface area (Å²) in [5, 5.41) is 6.27. The molecule has 0 aliphatic rings. The molecule has 1 aromatic carbocycles. The number of carbonyl (C=O) groups is 1. The van der Waals surface area contributed by atoms with Crippen molar-refractivity contribution < 1.29 is 19.4 Å². The van der Waals surface area contributed by atoms with Crippen LogP contribution in [0.25, 0.3) is 0 Å². The number of guanidine groups is 1. The summed E-state index contributed by atoms with van der Waals surface area (Å²) in [6.07, 6.45) is 0.999. The van der Waals surface area contributed by atoms with E-state index in [1.165, 1.54) is 4.90 Å². The molecule has 0 saturated heterocycles. The van der Waals surface area contributed by atoms with Gasteiger partial charge in [0.25, 0.3) is 11.9 Å². The Morgan fingerprint density at radius 1 is 1.39 bits per heavy atom. The van der Waals surface area contributed by atoms with Gasteiger partial charge in [-0.15, -0.1) is 5.10 Å². The van der Waals surface area contributed by atoms with Crippen LogP contribution in [0.1, 0.15) is 19.4 Å². The molecule has 0 aliphatic carbocycles. The average Bonchev–Trinajstić information content (AvgIpc) is 2.48. The van der Waals surface area contributed by atoms with Crippen molar-refractivity contribution in [2.45, 2.75) is 20.0 Å². The lowest BCUT2D eigenvalue weighted by Gasteiger charge is -2.20. The zero-order valence-electron chi connectivity index (χ0n) is 13.9. The Kier molecular flexibility index (Phi) is 6.85. The third kappa shape index (κ3) is 5.85. The molecule has 0 aromatic heterocycles. The quantitative estimate of drug-likeness (QED) is 0.325. The minimum atomic E-state index is -0.612. The number of likely N-dealkylation sites (N-methyl/N-ethyl adjacent to an activating group) is 1. The molecule has 8 heteroatoms. The Labute approximate surface area is 135 Å². The van der Waals surface area contributed by atoms with E-state index in [2.05, 4.69) is 10.2 Å². The minimum absolute atomic E-state index is 0.0674. The number of hydrazone groups is 1. The Bertz CT molecular complexity index is 595. The lowest BCUT2D eigenvalue weighted by Crippen LogP contribution is -2.63. The number of rotatable bonds is 7. The van der Waals surface area contributed by atoms with Gasteiger partial charge >= 0.3 is 0 Å². The van der Waals surface area contributed by atoms with Crippen LogP contribution in [0.2, 0.25) is 0 Å². The summed E-state index contributed by atoms with van der Waals surface area (Å²) >= 11 is 0. The van der Waals surface area contributed by atoms with Gasteiger partial charge < -0.3 is 25.8 Å². The number of nitrogens with two attached hydrogens (primary N) is 2. The van der Waals surface area contributed by atoms with Crippen LogP contribution in [0.4, 0.5) is 0 Å². The Morgan fingerprint density at radius 3 is 2.65 bits per heavy atom. The van der Waals surface area contributed by atoms with Crippen molar-refractivity contribution in [3.05, 3.63) is 23.8 Å². The van der Waals surface area contributed by atoms with E-state index >= 15 is 0 Å². The largest absolute Gasteiger partial charge is 0.490 e. The first-order valence-corrected chi connectivity index (χ1v) is 7.17. The van der Waals surface area contributed by atoms with E-state index in [0.717, 1.165) is 5.56 Å². The fraction of sp³-hybridized carbons (Fsp3) is 0.400. The highest BCUT2D eigenvalue weighted by atomic mass is 16.5. The zero-order chi connectivity index (χ0) is 17.4. The summed E-state index contributed by atoms with van der Waals surface area (Å²) in [5.41, 5.74) is 11.3. The lowest BCUT2D eigenvalue weighted by molar-refractivity contribution is -0.456. The maximum absolute atomic E-state index is 11.9. The Hall–Kier alpha value is -2.77. The van der Waals surface area contributed by atoms with Crippen molar-refractivity contribution in [1.29, 1.82) is 0 Å². The SMILES string of the molecule is CCOc1cc(/C=[NH+]\N=C(N)N)ccc1O[C@H](C)C(=O)N(C)C. The molecular formula is C15H24N5O3+. The number of carbonyl (C=O) groups excluding carboxylic acids is 1. The second-order valence-corrected chi connectivity index (χ2v) is 4.94. The smallest absolute Gasteiger partial charge is 0.262 e. The van der Waals surface area contributed by atoms with Crippen LogP contribution in [0.15, 0.2) is 23.3 Å². The average molecular weight is 322 g/mol. The third-order valence-corrected chi connectivity index (χ3v) is 2.78. The minimum Gasteiger partial charge on any atom is -0.490 e. The molecule has 0 saturated carbocycles. The molecule has 5 N–H and O–H groups in total. The molecule has 0 radical (unpaired) electrons. The van der Waals surface area contributed by atoms with Crippen LogP contribution in [0.5, 0.6) is 11.5 Å². The molecule has 1 aromatic rings. The number of hydrogen-bond donors (Lipinski definition) is 3. The van der Waals surface area contributed by atoms with Crippen molar-refractivity contribution in [3.8, 4) is 11.5 Å². The number of ether oxygens (including phenoxy) is 2. The molecule has 8 nitrogen and oxygen atoms in total. The van der Waals surface area contributed by atoms with Crippen molar-refractivity contribution in [1.82, 2.24) is 4.90 Å². The van der Waals surface area contributed by atoms with Crippen LogP contribution in [0, 0.1) is 0 Å². The van der Waals surface area contributed by atoms with Gasteiger partial charge in [0.2, 0.25) is 6.21 Å². The van der Waals surface area contributed by atoms with Crippen molar-refractivity contribution in [3.63, 3.8) is 0 Å². The molecule has 0 aliphatic heterocycles.